The van der Waals surface area contributed by atoms with E-state index in [9.17, 15) is 14.7 Å². The van der Waals surface area contributed by atoms with Gasteiger partial charge in [-0.15, -0.1) is 0 Å². The fraction of sp³-hybridized carbons (Fsp3) is 0.524. The van der Waals surface area contributed by atoms with Crippen LogP contribution < -0.4 is 5.32 Å². The number of anilines is 1. The summed E-state index contributed by atoms with van der Waals surface area (Å²) >= 11 is 0. The molecular weight excluding hydrogens is 360 g/mol. The number of aromatic hydroxyl groups is 1. The first-order valence-electron chi connectivity index (χ1n) is 9.80. The zero-order chi connectivity index (χ0) is 19.6. The van der Waals surface area contributed by atoms with Gasteiger partial charge in [0, 0.05) is 24.2 Å². The van der Waals surface area contributed by atoms with E-state index in [0.717, 1.165) is 37.2 Å². The number of fused-ring (bicyclic) bond motifs is 5. The highest BCUT2D eigenvalue weighted by atomic mass is 16.6. The second-order valence-corrected chi connectivity index (χ2v) is 8.32. The average molecular weight is 384 g/mol. The number of hydrogen-bond donors (Lipinski definition) is 2. The smallest absolute Gasteiger partial charge is 0.372 e. The van der Waals surface area contributed by atoms with Crippen LogP contribution in [0.3, 0.4) is 0 Å². The lowest BCUT2D eigenvalue weighted by molar-refractivity contribution is -0.144. The molecule has 5 atom stereocenters. The molecule has 1 spiro atoms. The molecule has 4 heterocycles. The number of allylic oxidation sites excluding steroid dienone is 1. The second kappa shape index (κ2) is 5.98. The van der Waals surface area contributed by atoms with Crippen LogP contribution in [0, 0.1) is 11.8 Å². The molecule has 2 N–H and O–H groups in total. The Morgan fingerprint density at radius 1 is 1.43 bits per heavy atom. The first-order valence-corrected chi connectivity index (χ1v) is 9.80. The maximum atomic E-state index is 13.1. The highest BCUT2D eigenvalue weighted by molar-refractivity contribution is 6.07. The minimum absolute atomic E-state index is 0.0105. The Labute approximate surface area is 163 Å². The van der Waals surface area contributed by atoms with Crippen molar-refractivity contribution in [3.63, 3.8) is 0 Å². The fourth-order valence-corrected chi connectivity index (χ4v) is 5.73. The maximum absolute atomic E-state index is 13.1. The normalized spacial score (nSPS) is 36.1. The van der Waals surface area contributed by atoms with E-state index < -0.39 is 11.4 Å². The topological polar surface area (TPSA) is 88.1 Å². The van der Waals surface area contributed by atoms with Crippen LogP contribution >= 0.6 is 0 Å². The van der Waals surface area contributed by atoms with Crippen LogP contribution in [0.15, 0.2) is 30.0 Å². The Bertz CT molecular complexity index is 897. The molecule has 5 unspecified atom stereocenters. The molecule has 28 heavy (non-hydrogen) atoms. The van der Waals surface area contributed by atoms with Crippen LogP contribution in [0.5, 0.6) is 5.75 Å². The third-order valence-electron chi connectivity index (χ3n) is 7.10. The highest BCUT2D eigenvalue weighted by Gasteiger charge is 2.60. The maximum Gasteiger partial charge on any atom is 0.372 e. The van der Waals surface area contributed by atoms with Gasteiger partial charge in [-0.3, -0.25) is 9.69 Å². The third-order valence-corrected chi connectivity index (χ3v) is 7.10. The van der Waals surface area contributed by atoms with Crippen LogP contribution in [0.4, 0.5) is 5.69 Å². The predicted octanol–water partition coefficient (Wildman–Crippen LogP) is 1.77. The van der Waals surface area contributed by atoms with E-state index in [1.165, 1.54) is 7.11 Å². The summed E-state index contributed by atoms with van der Waals surface area (Å²) in [5, 5.41) is 13.1. The van der Waals surface area contributed by atoms with Crippen molar-refractivity contribution < 1.29 is 24.2 Å². The number of hydrogen-bond acceptors (Lipinski definition) is 6. The molecule has 2 fully saturated rings. The number of phenols is 1. The lowest BCUT2D eigenvalue weighted by atomic mass is 9.68. The summed E-state index contributed by atoms with van der Waals surface area (Å²) in [4.78, 5) is 27.5. The largest absolute Gasteiger partial charge is 0.508 e. The van der Waals surface area contributed by atoms with E-state index in [0.29, 0.717) is 0 Å². The highest BCUT2D eigenvalue weighted by Crippen LogP contribution is 2.53. The van der Waals surface area contributed by atoms with Gasteiger partial charge in [0.2, 0.25) is 11.7 Å². The van der Waals surface area contributed by atoms with Crippen LogP contribution in [0.25, 0.3) is 0 Å². The van der Waals surface area contributed by atoms with Crippen LogP contribution in [-0.4, -0.2) is 54.2 Å². The van der Waals surface area contributed by atoms with Gasteiger partial charge in [-0.1, -0.05) is 0 Å². The molecule has 0 radical (unpaired) electrons. The number of piperidine rings is 1. The van der Waals surface area contributed by atoms with E-state index in [-0.39, 0.29) is 41.4 Å². The number of rotatable bonds is 1. The van der Waals surface area contributed by atoms with Gasteiger partial charge < -0.3 is 19.9 Å². The Kier molecular flexibility index (Phi) is 3.75. The molecule has 0 saturated carbocycles. The van der Waals surface area contributed by atoms with Gasteiger partial charge in [0.1, 0.15) is 11.9 Å². The number of nitrogens with one attached hydrogen (secondary N) is 1. The number of methoxy groups -OCH3 is 1. The molecule has 148 valence electrons. The molecule has 0 aliphatic carbocycles. The fourth-order valence-electron chi connectivity index (χ4n) is 5.73. The molecule has 1 aromatic rings. The summed E-state index contributed by atoms with van der Waals surface area (Å²) in [6.07, 6.45) is 3.29. The summed E-state index contributed by atoms with van der Waals surface area (Å²) in [5.74, 6) is 0.412. The number of carbonyl (C=O) groups is 2. The Balaban J connectivity index is 1.53. The Hall–Kier alpha value is -2.54. The molecule has 4 aliphatic heterocycles. The van der Waals surface area contributed by atoms with Crippen molar-refractivity contribution >= 4 is 17.6 Å². The zero-order valence-electron chi connectivity index (χ0n) is 16.0. The summed E-state index contributed by atoms with van der Waals surface area (Å²) in [5.41, 5.74) is 1.03. The summed E-state index contributed by atoms with van der Waals surface area (Å²) < 4.78 is 10.7. The summed E-state index contributed by atoms with van der Waals surface area (Å²) in [6.45, 7) is 3.65. The molecule has 5 rings (SSSR count). The molecule has 2 saturated heterocycles. The average Bonchev–Trinajstić information content (AvgIpc) is 3.19. The van der Waals surface area contributed by atoms with Gasteiger partial charge in [-0.2, -0.15) is 0 Å². The molecule has 1 amide bonds. The number of nitrogens with zero attached hydrogens (tertiary/aromatic N) is 1. The van der Waals surface area contributed by atoms with Crippen molar-refractivity contribution in [3.8, 4) is 5.75 Å². The van der Waals surface area contributed by atoms with Crippen molar-refractivity contribution in [2.24, 2.45) is 11.8 Å². The first kappa shape index (κ1) is 17.6. The second-order valence-electron chi connectivity index (χ2n) is 8.32. The lowest BCUT2D eigenvalue weighted by Gasteiger charge is -2.47. The van der Waals surface area contributed by atoms with Gasteiger partial charge in [-0.25, -0.2) is 4.79 Å². The van der Waals surface area contributed by atoms with Crippen molar-refractivity contribution in [3.05, 3.63) is 35.6 Å². The van der Waals surface area contributed by atoms with Crippen molar-refractivity contribution in [1.82, 2.24) is 4.90 Å². The van der Waals surface area contributed by atoms with E-state index in [4.69, 9.17) is 9.47 Å². The Morgan fingerprint density at radius 3 is 3.04 bits per heavy atom. The zero-order valence-corrected chi connectivity index (χ0v) is 16.0. The van der Waals surface area contributed by atoms with Crippen LogP contribution in [0.1, 0.15) is 25.3 Å². The molecule has 0 aromatic heterocycles. The number of ether oxygens (including phenoxy) is 2. The SMILES string of the molecule is COC(=O)C1=CC2CC3N(CCC34C(=O)Nc3ccc(O)cc34)CC2C(C)O1. The van der Waals surface area contributed by atoms with Gasteiger partial charge in [0.15, 0.2) is 0 Å². The van der Waals surface area contributed by atoms with Crippen molar-refractivity contribution in [2.45, 2.75) is 37.3 Å². The molecular formula is C21H24N2O5. The molecule has 7 nitrogen and oxygen atoms in total. The quantitative estimate of drug-likeness (QED) is 0.567. The van der Waals surface area contributed by atoms with E-state index in [2.05, 4.69) is 10.2 Å². The minimum atomic E-state index is -0.653. The molecule has 0 bridgehead atoms. The number of esters is 1. The summed E-state index contributed by atoms with van der Waals surface area (Å²) in [6, 6.07) is 5.13. The van der Waals surface area contributed by atoms with Crippen LogP contribution in [0.2, 0.25) is 0 Å². The van der Waals surface area contributed by atoms with E-state index in [1.54, 1.807) is 18.2 Å². The number of amides is 1. The van der Waals surface area contributed by atoms with E-state index >= 15 is 0 Å². The number of benzene rings is 1. The molecule has 7 heteroatoms. The van der Waals surface area contributed by atoms with Gasteiger partial charge in [0.25, 0.3) is 0 Å². The number of carbonyl (C=O) groups excluding carboxylic acids is 2. The van der Waals surface area contributed by atoms with E-state index in [1.807, 2.05) is 13.0 Å². The third kappa shape index (κ3) is 2.25. The predicted molar refractivity (Wildman–Crippen MR) is 101 cm³/mol. The van der Waals surface area contributed by atoms with Crippen molar-refractivity contribution in [2.75, 3.05) is 25.5 Å². The number of phenolic OH excluding ortho intramolecular Hbond substituents is 1. The van der Waals surface area contributed by atoms with Crippen molar-refractivity contribution in [1.29, 1.82) is 0 Å². The molecule has 1 aromatic carbocycles. The van der Waals surface area contributed by atoms with Gasteiger partial charge in [0.05, 0.1) is 12.5 Å². The standard InChI is InChI=1S/C21H24N2O5/c1-11-14-10-23-6-5-21(15-9-13(24)3-4-16(15)22-20(21)26)18(23)8-12(14)7-17(28-11)19(25)27-2/h3-4,7,9,11-12,14,18,24H,5-6,8,10H2,1-2H3,(H,22,26). The van der Waals surface area contributed by atoms with Gasteiger partial charge >= 0.3 is 5.97 Å². The summed E-state index contributed by atoms with van der Waals surface area (Å²) in [7, 11) is 1.35. The van der Waals surface area contributed by atoms with Crippen LogP contribution in [-0.2, 0) is 24.5 Å². The monoisotopic (exact) mass is 384 g/mol. The molecule has 4 aliphatic rings. The Morgan fingerprint density at radius 2 is 2.25 bits per heavy atom. The van der Waals surface area contributed by atoms with Gasteiger partial charge in [-0.05, 0) is 62.1 Å². The lowest BCUT2D eigenvalue weighted by Crippen LogP contribution is -2.55. The minimum Gasteiger partial charge on any atom is -0.508 e. The first-order chi connectivity index (χ1) is 13.4.